The number of carbonyl (C=O) groups excluding carboxylic acids is 1. The van der Waals surface area contributed by atoms with Gasteiger partial charge >= 0.3 is 0 Å². The van der Waals surface area contributed by atoms with Gasteiger partial charge in [0.25, 0.3) is 0 Å². The van der Waals surface area contributed by atoms with Crippen LogP contribution in [0.2, 0.25) is 0 Å². The Kier molecular flexibility index (Phi) is 6.13. The van der Waals surface area contributed by atoms with Gasteiger partial charge in [-0.3, -0.25) is 4.79 Å². The zero-order valence-corrected chi connectivity index (χ0v) is 12.9. The number of benzene rings is 1. The predicted octanol–water partition coefficient (Wildman–Crippen LogP) is -0.730. The van der Waals surface area contributed by atoms with Crippen LogP contribution in [0.25, 0.3) is 0 Å². The third-order valence-corrected chi connectivity index (χ3v) is 4.78. The number of sulfonamides is 1. The summed E-state index contributed by atoms with van der Waals surface area (Å²) in [4.78, 5) is 11.8. The van der Waals surface area contributed by atoms with Crippen LogP contribution in [0.15, 0.2) is 24.3 Å². The quantitative estimate of drug-likeness (QED) is 0.614. The summed E-state index contributed by atoms with van der Waals surface area (Å²) in [5, 5.41) is 11.7. The minimum absolute atomic E-state index is 0.0165. The third-order valence-electron chi connectivity index (χ3n) is 2.94. The van der Waals surface area contributed by atoms with E-state index in [1.807, 2.05) is 0 Å². The van der Waals surface area contributed by atoms with Crippen LogP contribution in [-0.4, -0.2) is 56.2 Å². The molecule has 7 nitrogen and oxygen atoms in total. The standard InChI is InChI=1S/C13H21N3O4S/c1-16(2)21(19,20)8-7-15-13(18)12(14)9-10-3-5-11(17)6-4-10/h3-6,12,17H,7-9,14H2,1-2H3,(H,15,18). The van der Waals surface area contributed by atoms with Gasteiger partial charge in [0.05, 0.1) is 11.8 Å². The van der Waals surface area contributed by atoms with Crippen LogP contribution in [0.1, 0.15) is 5.56 Å². The zero-order chi connectivity index (χ0) is 16.0. The number of phenols is 1. The molecule has 0 radical (unpaired) electrons. The van der Waals surface area contributed by atoms with Crippen LogP contribution in [0.3, 0.4) is 0 Å². The summed E-state index contributed by atoms with van der Waals surface area (Å²) in [6.45, 7) is 0.0165. The Labute approximate surface area is 124 Å². The highest BCUT2D eigenvalue weighted by atomic mass is 32.2. The fourth-order valence-electron chi connectivity index (χ4n) is 1.60. The van der Waals surface area contributed by atoms with Crippen LogP contribution in [0.4, 0.5) is 0 Å². The number of hydrogen-bond acceptors (Lipinski definition) is 5. The van der Waals surface area contributed by atoms with Crippen LogP contribution in [0.5, 0.6) is 5.75 Å². The predicted molar refractivity (Wildman–Crippen MR) is 80.3 cm³/mol. The van der Waals surface area contributed by atoms with Gasteiger partial charge in [0.2, 0.25) is 15.9 Å². The lowest BCUT2D eigenvalue weighted by atomic mass is 10.1. The average molecular weight is 315 g/mol. The normalized spacial score (nSPS) is 13.1. The Morgan fingerprint density at radius 1 is 1.33 bits per heavy atom. The van der Waals surface area contributed by atoms with E-state index in [1.165, 1.54) is 26.2 Å². The number of phenolic OH excluding ortho intramolecular Hbond substituents is 1. The van der Waals surface area contributed by atoms with Crippen molar-refractivity contribution in [2.24, 2.45) is 5.73 Å². The topological polar surface area (TPSA) is 113 Å². The van der Waals surface area contributed by atoms with E-state index >= 15 is 0 Å². The summed E-state index contributed by atoms with van der Waals surface area (Å²) in [6.07, 6.45) is 0.312. The zero-order valence-electron chi connectivity index (χ0n) is 12.1. The van der Waals surface area contributed by atoms with E-state index in [-0.39, 0.29) is 18.0 Å². The molecule has 0 saturated heterocycles. The summed E-state index contributed by atoms with van der Waals surface area (Å²) >= 11 is 0. The molecule has 0 heterocycles. The molecule has 1 atom stereocenters. The number of nitrogens with two attached hydrogens (primary N) is 1. The van der Waals surface area contributed by atoms with Gasteiger partial charge in [-0.15, -0.1) is 0 Å². The first kappa shape index (κ1) is 17.4. The number of aromatic hydroxyl groups is 1. The van der Waals surface area contributed by atoms with Gasteiger partial charge in [-0.25, -0.2) is 12.7 Å². The minimum Gasteiger partial charge on any atom is -0.508 e. The van der Waals surface area contributed by atoms with Gasteiger partial charge in [0, 0.05) is 20.6 Å². The first-order valence-corrected chi connectivity index (χ1v) is 8.04. The Morgan fingerprint density at radius 3 is 2.43 bits per heavy atom. The van der Waals surface area contributed by atoms with E-state index in [0.29, 0.717) is 6.42 Å². The molecule has 1 aromatic carbocycles. The molecule has 21 heavy (non-hydrogen) atoms. The van der Waals surface area contributed by atoms with Crippen LogP contribution in [0, 0.1) is 0 Å². The number of nitrogens with zero attached hydrogens (tertiary/aromatic N) is 1. The first-order valence-electron chi connectivity index (χ1n) is 6.44. The lowest BCUT2D eigenvalue weighted by molar-refractivity contribution is -0.122. The Bertz CT molecular complexity index is 570. The molecule has 0 fully saturated rings. The summed E-state index contributed by atoms with van der Waals surface area (Å²) < 4.78 is 24.2. The highest BCUT2D eigenvalue weighted by Crippen LogP contribution is 2.10. The second-order valence-electron chi connectivity index (χ2n) is 4.87. The summed E-state index contributed by atoms with van der Waals surface area (Å²) in [5.74, 6) is -0.430. The maximum Gasteiger partial charge on any atom is 0.237 e. The van der Waals surface area contributed by atoms with Gasteiger partial charge in [0.1, 0.15) is 5.75 Å². The van der Waals surface area contributed by atoms with E-state index in [9.17, 15) is 13.2 Å². The van der Waals surface area contributed by atoms with Crippen LogP contribution < -0.4 is 11.1 Å². The molecule has 0 aromatic heterocycles. The van der Waals surface area contributed by atoms with E-state index in [0.717, 1.165) is 9.87 Å². The molecule has 0 aliphatic heterocycles. The lowest BCUT2D eigenvalue weighted by Gasteiger charge is -2.14. The Morgan fingerprint density at radius 2 is 1.90 bits per heavy atom. The largest absolute Gasteiger partial charge is 0.508 e. The van der Waals surface area contributed by atoms with Gasteiger partial charge in [0.15, 0.2) is 0 Å². The van der Waals surface area contributed by atoms with Gasteiger partial charge in [-0.05, 0) is 24.1 Å². The third kappa shape index (κ3) is 5.70. The highest BCUT2D eigenvalue weighted by molar-refractivity contribution is 7.89. The Balaban J connectivity index is 2.43. The van der Waals surface area contributed by atoms with Crippen molar-refractivity contribution in [3.63, 3.8) is 0 Å². The number of hydrogen-bond donors (Lipinski definition) is 3. The molecule has 0 saturated carbocycles. The first-order chi connectivity index (χ1) is 9.72. The maximum absolute atomic E-state index is 11.8. The molecule has 8 heteroatoms. The van der Waals surface area contributed by atoms with Crippen molar-refractivity contribution in [3.8, 4) is 5.75 Å². The molecule has 0 bridgehead atoms. The van der Waals surface area contributed by atoms with E-state index in [2.05, 4.69) is 5.32 Å². The van der Waals surface area contributed by atoms with Crippen molar-refractivity contribution in [2.75, 3.05) is 26.4 Å². The fraction of sp³-hybridized carbons (Fsp3) is 0.462. The van der Waals surface area contributed by atoms with Gasteiger partial charge in [-0.2, -0.15) is 0 Å². The van der Waals surface area contributed by atoms with Crippen molar-refractivity contribution in [2.45, 2.75) is 12.5 Å². The summed E-state index contributed by atoms with van der Waals surface area (Å²) in [5.41, 5.74) is 6.58. The molecule has 1 aromatic rings. The van der Waals surface area contributed by atoms with Crippen LogP contribution >= 0.6 is 0 Å². The summed E-state index contributed by atoms with van der Waals surface area (Å²) in [6, 6.07) is 5.63. The lowest BCUT2D eigenvalue weighted by Crippen LogP contribution is -2.44. The van der Waals surface area contributed by atoms with Crippen molar-refractivity contribution < 1.29 is 18.3 Å². The number of carbonyl (C=O) groups is 1. The maximum atomic E-state index is 11.8. The number of nitrogens with one attached hydrogen (secondary N) is 1. The van der Waals surface area contributed by atoms with E-state index in [4.69, 9.17) is 10.8 Å². The second-order valence-corrected chi connectivity index (χ2v) is 7.17. The SMILES string of the molecule is CN(C)S(=O)(=O)CCNC(=O)C(N)Cc1ccc(O)cc1. The van der Waals surface area contributed by atoms with Crippen molar-refractivity contribution in [3.05, 3.63) is 29.8 Å². The van der Waals surface area contributed by atoms with Crippen molar-refractivity contribution in [1.29, 1.82) is 0 Å². The molecule has 0 aliphatic rings. The minimum atomic E-state index is -3.33. The highest BCUT2D eigenvalue weighted by Gasteiger charge is 2.17. The van der Waals surface area contributed by atoms with Crippen LogP contribution in [-0.2, 0) is 21.2 Å². The summed E-state index contributed by atoms with van der Waals surface area (Å²) in [7, 11) is -0.457. The molecule has 0 aliphatic carbocycles. The number of rotatable bonds is 7. The van der Waals surface area contributed by atoms with E-state index < -0.39 is 22.0 Å². The second kappa shape index (κ2) is 7.39. The Hall–Kier alpha value is -1.64. The smallest absolute Gasteiger partial charge is 0.237 e. The van der Waals surface area contributed by atoms with Gasteiger partial charge < -0.3 is 16.2 Å². The van der Waals surface area contributed by atoms with Gasteiger partial charge in [-0.1, -0.05) is 12.1 Å². The molecule has 0 spiro atoms. The molecule has 1 unspecified atom stereocenters. The molecule has 4 N–H and O–H groups in total. The monoisotopic (exact) mass is 315 g/mol. The fourth-order valence-corrected chi connectivity index (χ4v) is 2.32. The number of amides is 1. The molecular weight excluding hydrogens is 294 g/mol. The molecular formula is C13H21N3O4S. The van der Waals surface area contributed by atoms with Crippen molar-refractivity contribution in [1.82, 2.24) is 9.62 Å². The molecule has 118 valence electrons. The van der Waals surface area contributed by atoms with E-state index in [1.54, 1.807) is 12.1 Å². The average Bonchev–Trinajstić information content (AvgIpc) is 2.40. The van der Waals surface area contributed by atoms with Crippen molar-refractivity contribution >= 4 is 15.9 Å². The molecule has 1 amide bonds. The molecule has 1 rings (SSSR count).